The molecule has 0 unspecified atom stereocenters. The summed E-state index contributed by atoms with van der Waals surface area (Å²) >= 11 is -0.758. The molecule has 0 aromatic rings. The van der Waals surface area contributed by atoms with Crippen molar-refractivity contribution in [2.24, 2.45) is 4.36 Å². The zero-order valence-corrected chi connectivity index (χ0v) is 4.62. The average Bonchev–Trinajstić information content (AvgIpc) is 1.64. The normalized spacial score (nSPS) is 10.6. The van der Waals surface area contributed by atoms with Gasteiger partial charge in [0.25, 0.3) is 0 Å². The molecule has 0 saturated heterocycles. The van der Waals surface area contributed by atoms with Crippen molar-refractivity contribution in [1.29, 1.82) is 0 Å². The summed E-state index contributed by atoms with van der Waals surface area (Å²) in [6.45, 7) is 0. The molecule has 0 spiro atoms. The van der Waals surface area contributed by atoms with Crippen LogP contribution in [0.1, 0.15) is 0 Å². The Labute approximate surface area is 51.1 Å². The smallest absolute Gasteiger partial charge is 0.261 e. The third-order valence-corrected chi connectivity index (χ3v) is 0.603. The van der Waals surface area contributed by atoms with Crippen LogP contribution in [0.4, 0.5) is 13.2 Å². The van der Waals surface area contributed by atoms with Crippen LogP contribution in [0.15, 0.2) is 4.36 Å². The van der Waals surface area contributed by atoms with Crippen molar-refractivity contribution >= 4 is 17.4 Å². The molecule has 7 heteroatoms. The summed E-state index contributed by atoms with van der Waals surface area (Å²) in [6.07, 6.45) is -5.02. The SMILES string of the molecule is O=S=NC(=O)C(F)(F)F. The number of hydrogen-bond donors (Lipinski definition) is 0. The lowest BCUT2D eigenvalue weighted by atomic mass is 10.6. The molecule has 0 aliphatic rings. The Morgan fingerprint density at radius 2 is 1.89 bits per heavy atom. The average molecular weight is 159 g/mol. The molecule has 0 aliphatic carbocycles. The highest BCUT2D eigenvalue weighted by atomic mass is 32.1. The number of alkyl halides is 3. The Morgan fingerprint density at radius 1 is 1.44 bits per heavy atom. The Hall–Kier alpha value is -0.720. The molecule has 0 N–H and O–H groups in total. The summed E-state index contributed by atoms with van der Waals surface area (Å²) in [5.74, 6) is -2.36. The van der Waals surface area contributed by atoms with Gasteiger partial charge in [-0.05, 0) is 0 Å². The summed E-state index contributed by atoms with van der Waals surface area (Å²) in [5, 5.41) is 0. The number of halogens is 3. The number of nitrogens with zero attached hydrogens (tertiary/aromatic N) is 1. The van der Waals surface area contributed by atoms with Crippen molar-refractivity contribution in [1.82, 2.24) is 0 Å². The molecular weight excluding hydrogens is 159 g/mol. The third kappa shape index (κ3) is 2.96. The number of amides is 1. The second-order valence-electron chi connectivity index (χ2n) is 0.969. The van der Waals surface area contributed by atoms with E-state index >= 15 is 0 Å². The summed E-state index contributed by atoms with van der Waals surface area (Å²) in [6, 6.07) is 0. The van der Waals surface area contributed by atoms with Crippen LogP contribution in [0.2, 0.25) is 0 Å². The van der Waals surface area contributed by atoms with Crippen molar-refractivity contribution in [3.63, 3.8) is 0 Å². The van der Waals surface area contributed by atoms with Gasteiger partial charge in [-0.2, -0.15) is 17.4 Å². The summed E-state index contributed by atoms with van der Waals surface area (Å²) in [5.41, 5.74) is 0. The molecule has 0 heterocycles. The second kappa shape index (κ2) is 2.72. The van der Waals surface area contributed by atoms with Gasteiger partial charge in [0, 0.05) is 0 Å². The lowest BCUT2D eigenvalue weighted by Crippen LogP contribution is -2.19. The monoisotopic (exact) mass is 159 g/mol. The molecular formula is C2F3NO2S. The zero-order valence-electron chi connectivity index (χ0n) is 3.81. The Balaban J connectivity index is 4.22. The minimum absolute atomic E-state index is 0.758. The first-order chi connectivity index (χ1) is 3.98. The Kier molecular flexibility index (Phi) is 2.50. The highest BCUT2D eigenvalue weighted by Gasteiger charge is 2.38. The minimum Gasteiger partial charge on any atom is -0.261 e. The fourth-order valence-corrected chi connectivity index (χ4v) is 0.257. The molecule has 1 amide bonds. The van der Waals surface area contributed by atoms with Crippen LogP contribution in [-0.2, 0) is 16.3 Å². The topological polar surface area (TPSA) is 46.5 Å². The van der Waals surface area contributed by atoms with E-state index in [1.807, 2.05) is 4.36 Å². The lowest BCUT2D eigenvalue weighted by molar-refractivity contribution is -0.169. The van der Waals surface area contributed by atoms with Gasteiger partial charge >= 0.3 is 12.1 Å². The standard InChI is InChI=1S/C2F3NO2S/c3-2(4,5)1(7)6-9-8. The first-order valence-electron chi connectivity index (χ1n) is 1.59. The van der Waals surface area contributed by atoms with Crippen molar-refractivity contribution in [2.75, 3.05) is 0 Å². The fourth-order valence-electron chi connectivity index (χ4n) is 0.0856. The van der Waals surface area contributed by atoms with Gasteiger partial charge in [-0.3, -0.25) is 4.79 Å². The zero-order chi connectivity index (χ0) is 7.49. The number of carbonyl (C=O) groups is 1. The molecule has 0 rings (SSSR count). The van der Waals surface area contributed by atoms with E-state index in [9.17, 15) is 22.2 Å². The van der Waals surface area contributed by atoms with Crippen molar-refractivity contribution in [3.05, 3.63) is 0 Å². The number of rotatable bonds is 0. The molecule has 0 atom stereocenters. The molecule has 0 aromatic carbocycles. The van der Waals surface area contributed by atoms with Gasteiger partial charge in [-0.15, -0.1) is 4.36 Å². The van der Waals surface area contributed by atoms with E-state index in [4.69, 9.17) is 0 Å². The van der Waals surface area contributed by atoms with Gasteiger partial charge in [0.2, 0.25) is 11.5 Å². The van der Waals surface area contributed by atoms with E-state index in [-0.39, 0.29) is 0 Å². The van der Waals surface area contributed by atoms with Crippen LogP contribution < -0.4 is 0 Å². The van der Waals surface area contributed by atoms with Crippen molar-refractivity contribution in [3.8, 4) is 0 Å². The van der Waals surface area contributed by atoms with Crippen molar-refractivity contribution in [2.45, 2.75) is 6.18 Å². The number of hydrogen-bond acceptors (Lipinski definition) is 2. The summed E-state index contributed by atoms with van der Waals surface area (Å²) in [7, 11) is 0. The molecule has 9 heavy (non-hydrogen) atoms. The van der Waals surface area contributed by atoms with E-state index in [1.54, 1.807) is 0 Å². The predicted octanol–water partition coefficient (Wildman–Crippen LogP) is 0.472. The first kappa shape index (κ1) is 8.28. The maximum atomic E-state index is 11.0. The van der Waals surface area contributed by atoms with Gasteiger partial charge in [-0.1, -0.05) is 0 Å². The van der Waals surface area contributed by atoms with Crippen LogP contribution >= 0.6 is 0 Å². The second-order valence-corrected chi connectivity index (χ2v) is 1.30. The Morgan fingerprint density at radius 3 is 2.00 bits per heavy atom. The maximum Gasteiger partial charge on any atom is 0.474 e. The highest BCUT2D eigenvalue weighted by molar-refractivity contribution is 7.55. The van der Waals surface area contributed by atoms with Gasteiger partial charge < -0.3 is 0 Å². The van der Waals surface area contributed by atoms with Crippen LogP contribution in [0.25, 0.3) is 0 Å². The van der Waals surface area contributed by atoms with E-state index in [1.165, 1.54) is 0 Å². The van der Waals surface area contributed by atoms with E-state index < -0.39 is 23.5 Å². The molecule has 0 fully saturated rings. The van der Waals surface area contributed by atoms with Gasteiger partial charge in [0.1, 0.15) is 0 Å². The van der Waals surface area contributed by atoms with Gasteiger partial charge in [0.15, 0.2) is 0 Å². The summed E-state index contributed by atoms with van der Waals surface area (Å²) in [4.78, 5) is 9.55. The molecule has 0 aromatic heterocycles. The van der Waals surface area contributed by atoms with Crippen LogP contribution in [0.3, 0.4) is 0 Å². The largest absolute Gasteiger partial charge is 0.474 e. The van der Waals surface area contributed by atoms with E-state index in [0.717, 1.165) is 0 Å². The van der Waals surface area contributed by atoms with Gasteiger partial charge in [0.05, 0.1) is 0 Å². The molecule has 52 valence electrons. The molecule has 0 aliphatic heterocycles. The Bertz CT molecular complexity index is 169. The summed E-state index contributed by atoms with van der Waals surface area (Å²) < 4.78 is 44.3. The minimum atomic E-state index is -5.02. The number of carbonyl (C=O) groups excluding carboxylic acids is 1. The third-order valence-electron chi connectivity index (χ3n) is 0.363. The first-order valence-corrected chi connectivity index (χ1v) is 2.29. The lowest BCUT2D eigenvalue weighted by Gasteiger charge is -1.94. The van der Waals surface area contributed by atoms with Crippen LogP contribution in [-0.4, -0.2) is 16.3 Å². The molecule has 0 saturated carbocycles. The van der Waals surface area contributed by atoms with Crippen molar-refractivity contribution < 1.29 is 22.2 Å². The van der Waals surface area contributed by atoms with Crippen LogP contribution in [0, 0.1) is 0 Å². The maximum absolute atomic E-state index is 11.0. The van der Waals surface area contributed by atoms with Gasteiger partial charge in [-0.25, -0.2) is 0 Å². The highest BCUT2D eigenvalue weighted by Crippen LogP contribution is 2.15. The van der Waals surface area contributed by atoms with E-state index in [0.29, 0.717) is 0 Å². The molecule has 0 bridgehead atoms. The predicted molar refractivity (Wildman–Crippen MR) is 21.6 cm³/mol. The molecule has 0 radical (unpaired) electrons. The fraction of sp³-hybridized carbons (Fsp3) is 0.500. The quantitative estimate of drug-likeness (QED) is 0.515. The van der Waals surface area contributed by atoms with Crippen LogP contribution in [0.5, 0.6) is 0 Å². The van der Waals surface area contributed by atoms with E-state index in [2.05, 4.69) is 0 Å². The molecule has 3 nitrogen and oxygen atoms in total.